The van der Waals surface area contributed by atoms with Crippen molar-refractivity contribution in [3.05, 3.63) is 35.8 Å². The van der Waals surface area contributed by atoms with Crippen LogP contribution in [0.2, 0.25) is 0 Å². The number of hydrogen-bond acceptors (Lipinski definition) is 9. The molecular formula is C25H31FN8O3. The van der Waals surface area contributed by atoms with Crippen LogP contribution >= 0.6 is 0 Å². The highest BCUT2D eigenvalue weighted by molar-refractivity contribution is 5.79. The van der Waals surface area contributed by atoms with Gasteiger partial charge in [-0.15, -0.1) is 0 Å². The Bertz CT molecular complexity index is 1220. The van der Waals surface area contributed by atoms with Gasteiger partial charge in [0.1, 0.15) is 6.61 Å². The Morgan fingerprint density at radius 1 is 1.19 bits per heavy atom. The summed E-state index contributed by atoms with van der Waals surface area (Å²) in [7, 11) is 2.10. The molecule has 3 fully saturated rings. The maximum absolute atomic E-state index is 14.8. The second-order valence-electron chi connectivity index (χ2n) is 10.5. The van der Waals surface area contributed by atoms with Crippen LogP contribution in [-0.4, -0.2) is 72.2 Å². The van der Waals surface area contributed by atoms with Crippen molar-refractivity contribution < 1.29 is 18.7 Å². The third-order valence-corrected chi connectivity index (χ3v) is 8.22. The monoisotopic (exact) mass is 510 g/mol. The van der Waals surface area contributed by atoms with E-state index in [4.69, 9.17) is 10.5 Å². The summed E-state index contributed by atoms with van der Waals surface area (Å²) in [5, 5.41) is 9.24. The molecule has 3 heterocycles. The predicted molar refractivity (Wildman–Crippen MR) is 135 cm³/mol. The Labute approximate surface area is 213 Å². The molecule has 6 bridgehead atoms. The zero-order valence-electron chi connectivity index (χ0n) is 20.6. The smallest absolute Gasteiger partial charge is 0.407 e. The number of piperazine rings is 1. The number of halogens is 1. The van der Waals surface area contributed by atoms with Crippen molar-refractivity contribution in [2.75, 3.05) is 48.8 Å². The standard InChI is InChI=1S/C25H31FN8O3/c1-33-4-6-34(7-5-33)19-3-2-15-8-14(19)12-37-25(36)30-18-10-13-9-16(18)21(20(13)22(27)35)31-23-17(26)11-28-24(29-15)32-23/h2-3,8,11,13,16,18,20-21H,4-7,9-10,12H2,1H3,(H2,27,35)(H,30,36)(H2,28,29,31,32). The summed E-state index contributed by atoms with van der Waals surface area (Å²) < 4.78 is 20.5. The normalized spacial score (nSPS) is 29.3. The highest BCUT2D eigenvalue weighted by Gasteiger charge is 2.55. The summed E-state index contributed by atoms with van der Waals surface area (Å²) in [6.07, 6.45) is 1.90. The first-order valence-corrected chi connectivity index (χ1v) is 12.7. The minimum Gasteiger partial charge on any atom is -0.445 e. The minimum atomic E-state index is -0.629. The number of nitrogens with zero attached hydrogens (tertiary/aromatic N) is 4. The number of fused-ring (bicyclic) bond motifs is 5. The second-order valence-corrected chi connectivity index (χ2v) is 10.5. The molecule has 11 nitrogen and oxygen atoms in total. The number of alkyl carbamates (subject to hydrolysis) is 1. The molecule has 5 N–H and O–H groups in total. The molecule has 2 aliphatic carbocycles. The van der Waals surface area contributed by atoms with Crippen LogP contribution in [0.3, 0.4) is 0 Å². The second kappa shape index (κ2) is 9.33. The first-order valence-electron chi connectivity index (χ1n) is 12.7. The fourth-order valence-electron chi connectivity index (χ4n) is 6.42. The van der Waals surface area contributed by atoms with E-state index in [2.05, 4.69) is 42.8 Å². The van der Waals surface area contributed by atoms with Crippen molar-refractivity contribution >= 4 is 35.1 Å². The molecular weight excluding hydrogens is 479 g/mol. The molecule has 2 aromatic rings. The number of anilines is 4. The molecule has 6 rings (SSSR count). The molecule has 1 aromatic carbocycles. The number of hydrogen-bond donors (Lipinski definition) is 4. The highest BCUT2D eigenvalue weighted by Crippen LogP contribution is 2.49. The first-order chi connectivity index (χ1) is 17.9. The molecule has 37 heavy (non-hydrogen) atoms. The van der Waals surface area contributed by atoms with Crippen LogP contribution in [0.15, 0.2) is 24.4 Å². The largest absolute Gasteiger partial charge is 0.445 e. The van der Waals surface area contributed by atoms with Crippen LogP contribution in [0.4, 0.5) is 32.3 Å². The summed E-state index contributed by atoms with van der Waals surface area (Å²) in [5.41, 5.74) is 8.26. The van der Waals surface area contributed by atoms with Gasteiger partial charge in [-0.1, -0.05) is 0 Å². The summed E-state index contributed by atoms with van der Waals surface area (Å²) in [6.45, 7) is 3.71. The Morgan fingerprint density at radius 2 is 2.00 bits per heavy atom. The van der Waals surface area contributed by atoms with Gasteiger partial charge < -0.3 is 36.2 Å². The molecule has 2 amide bonds. The van der Waals surface area contributed by atoms with E-state index in [1.54, 1.807) is 0 Å². The number of benzene rings is 1. The Balaban J connectivity index is 1.35. The lowest BCUT2D eigenvalue weighted by molar-refractivity contribution is -0.123. The van der Waals surface area contributed by atoms with Crippen molar-refractivity contribution in [2.45, 2.75) is 31.5 Å². The molecule has 0 radical (unpaired) electrons. The van der Waals surface area contributed by atoms with Gasteiger partial charge in [0, 0.05) is 61.1 Å². The molecule has 196 valence electrons. The van der Waals surface area contributed by atoms with Gasteiger partial charge in [0.15, 0.2) is 11.6 Å². The summed E-state index contributed by atoms with van der Waals surface area (Å²) >= 11 is 0. The quantitative estimate of drug-likeness (QED) is 0.475. The average molecular weight is 511 g/mol. The van der Waals surface area contributed by atoms with Crippen molar-refractivity contribution in [3.8, 4) is 0 Å². The van der Waals surface area contributed by atoms with Crippen LogP contribution < -0.4 is 26.6 Å². The molecule has 0 spiro atoms. The van der Waals surface area contributed by atoms with Gasteiger partial charge >= 0.3 is 6.09 Å². The number of amides is 2. The number of primary amides is 1. The molecule has 12 heteroatoms. The molecule has 2 saturated carbocycles. The van der Waals surface area contributed by atoms with Gasteiger partial charge in [0.05, 0.1) is 12.1 Å². The topological polar surface area (TPSA) is 138 Å². The van der Waals surface area contributed by atoms with Crippen LogP contribution in [-0.2, 0) is 16.1 Å². The third-order valence-electron chi connectivity index (χ3n) is 8.22. The molecule has 2 aliphatic heterocycles. The number of likely N-dealkylation sites (N-methyl/N-ethyl adjacent to an activating group) is 1. The van der Waals surface area contributed by atoms with E-state index in [9.17, 15) is 14.0 Å². The first kappa shape index (κ1) is 23.7. The number of nitrogens with one attached hydrogen (secondary N) is 3. The molecule has 1 aromatic heterocycles. The number of carbonyl (C=O) groups is 2. The van der Waals surface area contributed by atoms with Crippen molar-refractivity contribution in [2.24, 2.45) is 23.5 Å². The van der Waals surface area contributed by atoms with E-state index in [1.807, 2.05) is 18.2 Å². The van der Waals surface area contributed by atoms with Crippen LogP contribution in [0, 0.1) is 23.6 Å². The summed E-state index contributed by atoms with van der Waals surface area (Å²) in [5.74, 6) is -1.48. The van der Waals surface area contributed by atoms with Gasteiger partial charge in [-0.3, -0.25) is 4.79 Å². The zero-order valence-corrected chi connectivity index (χ0v) is 20.6. The van der Waals surface area contributed by atoms with E-state index < -0.39 is 29.8 Å². The van der Waals surface area contributed by atoms with Crippen molar-refractivity contribution in [3.63, 3.8) is 0 Å². The van der Waals surface area contributed by atoms with Crippen LogP contribution in [0.25, 0.3) is 0 Å². The molecule has 4 aliphatic rings. The van der Waals surface area contributed by atoms with E-state index in [1.165, 1.54) is 0 Å². The number of rotatable bonds is 2. The van der Waals surface area contributed by atoms with Crippen molar-refractivity contribution in [1.82, 2.24) is 20.2 Å². The Hall–Kier alpha value is -3.67. The fraction of sp³-hybridized carbons (Fsp3) is 0.520. The fourth-order valence-corrected chi connectivity index (χ4v) is 6.42. The van der Waals surface area contributed by atoms with Gasteiger partial charge in [-0.05, 0) is 44.0 Å². The maximum atomic E-state index is 14.8. The van der Waals surface area contributed by atoms with Crippen LogP contribution in [0.5, 0.6) is 0 Å². The Morgan fingerprint density at radius 3 is 2.78 bits per heavy atom. The third kappa shape index (κ3) is 4.50. The van der Waals surface area contributed by atoms with E-state index in [0.29, 0.717) is 18.5 Å². The number of ether oxygens (including phenoxy) is 1. The summed E-state index contributed by atoms with van der Waals surface area (Å²) in [6, 6.07) is 5.11. The summed E-state index contributed by atoms with van der Waals surface area (Å²) in [4.78, 5) is 38.2. The van der Waals surface area contributed by atoms with Crippen molar-refractivity contribution in [1.29, 1.82) is 0 Å². The average Bonchev–Trinajstić information content (AvgIpc) is 3.43. The minimum absolute atomic E-state index is 0.00761. The maximum Gasteiger partial charge on any atom is 0.407 e. The van der Waals surface area contributed by atoms with E-state index in [0.717, 1.165) is 43.6 Å². The molecule has 1 saturated heterocycles. The molecule has 5 unspecified atom stereocenters. The predicted octanol–water partition coefficient (Wildman–Crippen LogP) is 1.64. The number of carbonyl (C=O) groups excluding carboxylic acids is 2. The Kier molecular flexibility index (Phi) is 5.98. The number of cyclic esters (lactones) is 1. The SMILES string of the molecule is CN1CCN(c2ccc3cc2COC(=O)NC2CC4CC2C(Nc2nc(ncc2F)N3)C4C(N)=O)CC1. The number of nitrogens with two attached hydrogens (primary N) is 1. The highest BCUT2D eigenvalue weighted by atomic mass is 19.1. The van der Waals surface area contributed by atoms with Crippen LogP contribution in [0.1, 0.15) is 18.4 Å². The van der Waals surface area contributed by atoms with Gasteiger partial charge in [0.25, 0.3) is 0 Å². The van der Waals surface area contributed by atoms with E-state index in [-0.39, 0.29) is 36.3 Å². The van der Waals surface area contributed by atoms with Gasteiger partial charge in [-0.25, -0.2) is 14.2 Å². The lowest BCUT2D eigenvalue weighted by Crippen LogP contribution is -2.51. The lowest BCUT2D eigenvalue weighted by Gasteiger charge is -2.35. The number of aromatic nitrogens is 2. The zero-order chi connectivity index (χ0) is 25.7. The molecule has 5 atom stereocenters. The lowest BCUT2D eigenvalue weighted by atomic mass is 9.81. The van der Waals surface area contributed by atoms with Gasteiger partial charge in [-0.2, -0.15) is 4.98 Å². The van der Waals surface area contributed by atoms with Gasteiger partial charge in [0.2, 0.25) is 11.9 Å². The van der Waals surface area contributed by atoms with E-state index >= 15 is 0 Å².